The molecule has 0 saturated carbocycles. The molecule has 0 fully saturated rings. The first-order valence-electron chi connectivity index (χ1n) is 3.92. The average Bonchev–Trinajstić information content (AvgIpc) is 1.99. The summed E-state index contributed by atoms with van der Waals surface area (Å²) in [5, 5.41) is 0.226. The molecule has 0 saturated heterocycles. The zero-order valence-corrected chi connectivity index (χ0v) is 9.17. The Balaban J connectivity index is 3.15. The van der Waals surface area contributed by atoms with Gasteiger partial charge in [-0.1, -0.05) is 23.2 Å². The van der Waals surface area contributed by atoms with E-state index in [1.165, 1.54) is 19.2 Å². The van der Waals surface area contributed by atoms with Crippen LogP contribution in [0, 0.1) is 0 Å². The SMILES string of the molecule is COc1c(Cl)cc(Cl)cc1CC(F)(F)F. The summed E-state index contributed by atoms with van der Waals surface area (Å²) in [6.45, 7) is 0. The predicted molar refractivity (Wildman–Crippen MR) is 52.8 cm³/mol. The molecule has 1 rings (SSSR count). The van der Waals surface area contributed by atoms with Gasteiger partial charge in [-0.25, -0.2) is 0 Å². The monoisotopic (exact) mass is 258 g/mol. The first-order valence-corrected chi connectivity index (χ1v) is 4.68. The Bertz CT molecular complexity index is 363. The van der Waals surface area contributed by atoms with E-state index in [2.05, 4.69) is 0 Å². The number of ether oxygens (including phenoxy) is 1. The van der Waals surface area contributed by atoms with Crippen molar-refractivity contribution in [1.82, 2.24) is 0 Å². The van der Waals surface area contributed by atoms with E-state index in [9.17, 15) is 13.2 Å². The molecule has 15 heavy (non-hydrogen) atoms. The molecule has 0 aliphatic carbocycles. The molecule has 1 aromatic carbocycles. The van der Waals surface area contributed by atoms with E-state index in [4.69, 9.17) is 27.9 Å². The van der Waals surface area contributed by atoms with E-state index in [1.54, 1.807) is 0 Å². The number of benzene rings is 1. The van der Waals surface area contributed by atoms with Gasteiger partial charge < -0.3 is 4.74 Å². The van der Waals surface area contributed by atoms with E-state index in [0.29, 0.717) is 0 Å². The summed E-state index contributed by atoms with van der Waals surface area (Å²) in [5.74, 6) is 0.0124. The van der Waals surface area contributed by atoms with E-state index >= 15 is 0 Å². The molecule has 0 aliphatic heterocycles. The van der Waals surface area contributed by atoms with Gasteiger partial charge in [-0.05, 0) is 12.1 Å². The zero-order valence-electron chi connectivity index (χ0n) is 7.66. The lowest BCUT2D eigenvalue weighted by atomic mass is 10.1. The highest BCUT2D eigenvalue weighted by molar-refractivity contribution is 6.35. The average molecular weight is 259 g/mol. The van der Waals surface area contributed by atoms with Gasteiger partial charge in [0.05, 0.1) is 18.6 Å². The van der Waals surface area contributed by atoms with Crippen molar-refractivity contribution in [3.8, 4) is 5.75 Å². The van der Waals surface area contributed by atoms with Crippen LogP contribution in [0.3, 0.4) is 0 Å². The third-order valence-electron chi connectivity index (χ3n) is 1.68. The molecule has 0 aliphatic rings. The third kappa shape index (κ3) is 3.47. The van der Waals surface area contributed by atoms with Crippen molar-refractivity contribution < 1.29 is 17.9 Å². The van der Waals surface area contributed by atoms with E-state index in [-0.39, 0.29) is 21.4 Å². The molecular formula is C9H7Cl2F3O. The van der Waals surface area contributed by atoms with Gasteiger partial charge in [0.25, 0.3) is 0 Å². The maximum absolute atomic E-state index is 12.2. The van der Waals surface area contributed by atoms with Crippen LogP contribution in [0.15, 0.2) is 12.1 Å². The van der Waals surface area contributed by atoms with Crippen molar-refractivity contribution >= 4 is 23.2 Å². The lowest BCUT2D eigenvalue weighted by Crippen LogP contribution is -2.12. The van der Waals surface area contributed by atoms with Crippen LogP contribution in [0.25, 0.3) is 0 Å². The van der Waals surface area contributed by atoms with Gasteiger partial charge in [-0.3, -0.25) is 0 Å². The third-order valence-corrected chi connectivity index (χ3v) is 2.18. The summed E-state index contributed by atoms with van der Waals surface area (Å²) in [6, 6.07) is 2.53. The second kappa shape index (κ2) is 4.49. The van der Waals surface area contributed by atoms with Crippen LogP contribution in [0.2, 0.25) is 10.0 Å². The Morgan fingerprint density at radius 3 is 2.33 bits per heavy atom. The van der Waals surface area contributed by atoms with Crippen molar-refractivity contribution in [3.63, 3.8) is 0 Å². The second-order valence-corrected chi connectivity index (χ2v) is 3.72. The number of hydrogen-bond donors (Lipinski definition) is 0. The maximum atomic E-state index is 12.2. The fourth-order valence-corrected chi connectivity index (χ4v) is 1.80. The van der Waals surface area contributed by atoms with Crippen molar-refractivity contribution in [2.24, 2.45) is 0 Å². The Morgan fingerprint density at radius 1 is 1.27 bits per heavy atom. The topological polar surface area (TPSA) is 9.23 Å². The normalized spacial score (nSPS) is 11.6. The quantitative estimate of drug-likeness (QED) is 0.776. The molecule has 1 aromatic rings. The molecule has 0 atom stereocenters. The highest BCUT2D eigenvalue weighted by Gasteiger charge is 2.30. The molecule has 84 valence electrons. The van der Waals surface area contributed by atoms with Gasteiger partial charge in [0.2, 0.25) is 0 Å². The standard InChI is InChI=1S/C9H7Cl2F3O/c1-15-8-5(4-9(12,13)14)2-6(10)3-7(8)11/h2-3H,4H2,1H3. The smallest absolute Gasteiger partial charge is 0.393 e. The predicted octanol–water partition coefficient (Wildman–Crippen LogP) is 4.11. The Labute approximate surface area is 94.7 Å². The highest BCUT2D eigenvalue weighted by atomic mass is 35.5. The molecule has 0 heterocycles. The minimum atomic E-state index is -4.32. The Hall–Kier alpha value is -0.610. The van der Waals surface area contributed by atoms with Crippen LogP contribution >= 0.6 is 23.2 Å². The molecule has 6 heteroatoms. The van der Waals surface area contributed by atoms with Crippen molar-refractivity contribution in [2.45, 2.75) is 12.6 Å². The molecule has 0 N–H and O–H groups in total. The Morgan fingerprint density at radius 2 is 1.87 bits per heavy atom. The van der Waals surface area contributed by atoms with Gasteiger partial charge >= 0.3 is 6.18 Å². The molecule has 0 spiro atoms. The number of alkyl halides is 3. The number of hydrogen-bond acceptors (Lipinski definition) is 1. The fourth-order valence-electron chi connectivity index (χ4n) is 1.19. The van der Waals surface area contributed by atoms with E-state index in [0.717, 1.165) is 0 Å². The minimum Gasteiger partial charge on any atom is -0.495 e. The molecule has 0 amide bonds. The summed E-state index contributed by atoms with van der Waals surface area (Å²) >= 11 is 11.3. The van der Waals surface area contributed by atoms with Crippen LogP contribution in [-0.2, 0) is 6.42 Å². The minimum absolute atomic E-state index is 0.0124. The number of rotatable bonds is 2. The van der Waals surface area contributed by atoms with Crippen LogP contribution < -0.4 is 4.74 Å². The fraction of sp³-hybridized carbons (Fsp3) is 0.333. The molecular weight excluding hydrogens is 252 g/mol. The molecule has 0 unspecified atom stereocenters. The van der Waals surface area contributed by atoms with E-state index < -0.39 is 12.6 Å². The van der Waals surface area contributed by atoms with Gasteiger partial charge in [-0.2, -0.15) is 13.2 Å². The molecule has 1 nitrogen and oxygen atoms in total. The van der Waals surface area contributed by atoms with Crippen molar-refractivity contribution in [2.75, 3.05) is 7.11 Å². The summed E-state index contributed by atoms with van der Waals surface area (Å²) < 4.78 is 41.3. The highest BCUT2D eigenvalue weighted by Crippen LogP contribution is 2.35. The van der Waals surface area contributed by atoms with Gasteiger partial charge in [0.15, 0.2) is 0 Å². The van der Waals surface area contributed by atoms with E-state index in [1.807, 2.05) is 0 Å². The van der Waals surface area contributed by atoms with Gasteiger partial charge in [0.1, 0.15) is 5.75 Å². The second-order valence-electron chi connectivity index (χ2n) is 2.87. The van der Waals surface area contributed by atoms with Gasteiger partial charge in [0, 0.05) is 10.6 Å². The van der Waals surface area contributed by atoms with Gasteiger partial charge in [-0.15, -0.1) is 0 Å². The lowest BCUT2D eigenvalue weighted by Gasteiger charge is -2.12. The van der Waals surface area contributed by atoms with Crippen molar-refractivity contribution in [1.29, 1.82) is 0 Å². The lowest BCUT2D eigenvalue weighted by molar-refractivity contribution is -0.127. The summed E-state index contributed by atoms with van der Waals surface area (Å²) in [5.41, 5.74) is -0.0671. The molecule has 0 radical (unpaired) electrons. The summed E-state index contributed by atoms with van der Waals surface area (Å²) in [4.78, 5) is 0. The van der Waals surface area contributed by atoms with Crippen LogP contribution in [0.4, 0.5) is 13.2 Å². The van der Waals surface area contributed by atoms with Crippen LogP contribution in [0.1, 0.15) is 5.56 Å². The first-order chi connectivity index (χ1) is 6.83. The Kier molecular flexibility index (Phi) is 3.73. The van der Waals surface area contributed by atoms with Crippen LogP contribution in [-0.4, -0.2) is 13.3 Å². The zero-order chi connectivity index (χ0) is 11.6. The molecule has 0 aromatic heterocycles. The number of methoxy groups -OCH3 is 1. The maximum Gasteiger partial charge on any atom is 0.393 e. The van der Waals surface area contributed by atoms with Crippen LogP contribution in [0.5, 0.6) is 5.75 Å². The van der Waals surface area contributed by atoms with Crippen molar-refractivity contribution in [3.05, 3.63) is 27.7 Å². The first kappa shape index (κ1) is 12.5. The molecule has 0 bridgehead atoms. The summed E-state index contributed by atoms with van der Waals surface area (Å²) in [6.07, 6.45) is -5.43. The number of halogens is 5. The summed E-state index contributed by atoms with van der Waals surface area (Å²) in [7, 11) is 1.26. The largest absolute Gasteiger partial charge is 0.495 e.